The summed E-state index contributed by atoms with van der Waals surface area (Å²) in [5.74, 6) is -4.14. The summed E-state index contributed by atoms with van der Waals surface area (Å²) in [4.78, 5) is 59.2. The normalized spacial score (nSPS) is 10.8. The van der Waals surface area contributed by atoms with Crippen LogP contribution in [0.25, 0.3) is 0 Å². The monoisotopic (exact) mass is 788 g/mol. The molecule has 0 heterocycles. The van der Waals surface area contributed by atoms with Crippen molar-refractivity contribution in [2.75, 3.05) is 25.6 Å². The van der Waals surface area contributed by atoms with E-state index >= 15 is 0 Å². The Morgan fingerprint density at radius 2 is 1.19 bits per heavy atom. The lowest BCUT2D eigenvalue weighted by Crippen LogP contribution is -2.59. The highest BCUT2D eigenvalue weighted by atomic mass is 127. The molecule has 0 fully saturated rings. The molecule has 1 amide bonds. The number of rotatable bonds is 9. The van der Waals surface area contributed by atoms with Crippen LogP contribution in [0.2, 0.25) is 0 Å². The first-order chi connectivity index (χ1) is 14.7. The molecule has 176 valence electrons. The van der Waals surface area contributed by atoms with E-state index in [-0.39, 0.29) is 24.0 Å². The first kappa shape index (κ1) is 28.6. The van der Waals surface area contributed by atoms with Crippen molar-refractivity contribution in [1.82, 2.24) is 5.32 Å². The Labute approximate surface area is 223 Å². The van der Waals surface area contributed by atoms with Gasteiger partial charge in [-0.15, -0.1) is 0 Å². The highest BCUT2D eigenvalue weighted by Gasteiger charge is 2.39. The highest BCUT2D eigenvalue weighted by Crippen LogP contribution is 2.34. The topological polar surface area (TPSA) is 171 Å². The maximum atomic E-state index is 13.3. The lowest BCUT2D eigenvalue weighted by Gasteiger charge is -2.33. The number of anilines is 1. The van der Waals surface area contributed by atoms with Crippen LogP contribution < -0.4 is 11.1 Å². The molecule has 0 saturated heterocycles. The average Bonchev–Trinajstić information content (AvgIpc) is 2.67. The van der Waals surface area contributed by atoms with Crippen LogP contribution in [-0.4, -0.2) is 60.3 Å². The second kappa shape index (κ2) is 12.1. The molecule has 0 aliphatic heterocycles. The molecular formula is C18H19I3N2O9. The van der Waals surface area contributed by atoms with Gasteiger partial charge < -0.3 is 30.4 Å². The second-order valence-corrected chi connectivity index (χ2v) is 9.72. The molecule has 0 saturated carbocycles. The Balaban J connectivity index is 3.55. The van der Waals surface area contributed by atoms with Gasteiger partial charge in [-0.3, -0.25) is 19.2 Å². The smallest absolute Gasteiger partial charge is 0.337 e. The Bertz CT molecular complexity index is 920. The second-order valence-electron chi connectivity index (χ2n) is 6.49. The van der Waals surface area contributed by atoms with Gasteiger partial charge in [-0.2, -0.15) is 0 Å². The van der Waals surface area contributed by atoms with Crippen molar-refractivity contribution < 1.29 is 43.3 Å². The van der Waals surface area contributed by atoms with Gasteiger partial charge in [-0.1, -0.05) is 0 Å². The number of carboxylic acid groups (broad SMARTS) is 1. The van der Waals surface area contributed by atoms with E-state index in [0.717, 1.165) is 20.8 Å². The fourth-order valence-electron chi connectivity index (χ4n) is 2.33. The molecular weight excluding hydrogens is 769 g/mol. The summed E-state index contributed by atoms with van der Waals surface area (Å²) in [5.41, 5.74) is 4.27. The summed E-state index contributed by atoms with van der Waals surface area (Å²) in [6, 6.07) is 0. The van der Waals surface area contributed by atoms with Crippen molar-refractivity contribution in [3.05, 3.63) is 21.8 Å². The molecule has 0 spiro atoms. The SMILES string of the molecule is CC(=O)OCC(COC(C)=O)(COC(C)=O)NC(=O)c1c(I)c(N)c(I)c(C(=O)O)c1I. The Hall–Kier alpha value is -1.44. The van der Waals surface area contributed by atoms with Gasteiger partial charge in [0.15, 0.2) is 0 Å². The minimum absolute atomic E-state index is 0.0423. The largest absolute Gasteiger partial charge is 0.478 e. The summed E-state index contributed by atoms with van der Waals surface area (Å²) < 4.78 is 15.7. The molecule has 1 aromatic carbocycles. The van der Waals surface area contributed by atoms with Gasteiger partial charge in [-0.05, 0) is 67.8 Å². The molecule has 0 aliphatic carbocycles. The standard InChI is InChI=1S/C18H19I3N2O9/c1-7(24)30-4-18(5-31-8(2)25,6-32-9(3)26)23-16(27)10-12(19)11(17(28)29)14(21)15(22)13(10)20/h4-6,22H2,1-3H3,(H,23,27)(H,28,29). The summed E-state index contributed by atoms with van der Waals surface area (Å²) in [5, 5.41) is 12.1. The molecule has 0 aliphatic rings. The van der Waals surface area contributed by atoms with E-state index in [0.29, 0.717) is 3.57 Å². The van der Waals surface area contributed by atoms with Crippen LogP contribution in [0.3, 0.4) is 0 Å². The number of carboxylic acids is 1. The molecule has 4 N–H and O–H groups in total. The van der Waals surface area contributed by atoms with Crippen molar-refractivity contribution in [3.8, 4) is 0 Å². The van der Waals surface area contributed by atoms with Crippen LogP contribution in [0.15, 0.2) is 0 Å². The maximum absolute atomic E-state index is 13.3. The number of nitrogens with two attached hydrogens (primary N) is 1. The number of hydrogen-bond acceptors (Lipinski definition) is 9. The highest BCUT2D eigenvalue weighted by molar-refractivity contribution is 14.1. The van der Waals surface area contributed by atoms with E-state index in [1.807, 2.05) is 22.6 Å². The van der Waals surface area contributed by atoms with Crippen molar-refractivity contribution in [2.45, 2.75) is 26.3 Å². The minimum atomic E-state index is -1.65. The molecule has 0 radical (unpaired) electrons. The van der Waals surface area contributed by atoms with E-state index in [4.69, 9.17) is 19.9 Å². The first-order valence-corrected chi connectivity index (χ1v) is 11.9. The van der Waals surface area contributed by atoms with Crippen LogP contribution in [0, 0.1) is 10.7 Å². The Morgan fingerprint density at radius 3 is 1.53 bits per heavy atom. The van der Waals surface area contributed by atoms with Crippen molar-refractivity contribution in [3.63, 3.8) is 0 Å². The van der Waals surface area contributed by atoms with Crippen LogP contribution in [0.4, 0.5) is 5.69 Å². The molecule has 32 heavy (non-hydrogen) atoms. The van der Waals surface area contributed by atoms with Gasteiger partial charge in [-0.25, -0.2) is 4.79 Å². The van der Waals surface area contributed by atoms with Gasteiger partial charge in [0.2, 0.25) is 0 Å². The molecule has 0 bridgehead atoms. The lowest BCUT2D eigenvalue weighted by molar-refractivity contribution is -0.153. The third kappa shape index (κ3) is 7.56. The van der Waals surface area contributed by atoms with Gasteiger partial charge in [0.25, 0.3) is 5.91 Å². The zero-order valence-electron chi connectivity index (χ0n) is 17.0. The number of esters is 3. The molecule has 11 nitrogen and oxygen atoms in total. The van der Waals surface area contributed by atoms with Crippen LogP contribution in [0.1, 0.15) is 41.5 Å². The molecule has 1 aromatic rings. The van der Waals surface area contributed by atoms with Gasteiger partial charge in [0.1, 0.15) is 25.4 Å². The predicted molar refractivity (Wildman–Crippen MR) is 136 cm³/mol. The Morgan fingerprint density at radius 1 is 0.812 bits per heavy atom. The van der Waals surface area contributed by atoms with Crippen LogP contribution in [-0.2, 0) is 28.6 Å². The summed E-state index contributed by atoms with van der Waals surface area (Å²) in [7, 11) is 0. The average molecular weight is 788 g/mol. The van der Waals surface area contributed by atoms with Crippen molar-refractivity contribution in [2.24, 2.45) is 0 Å². The third-order valence-electron chi connectivity index (χ3n) is 3.83. The van der Waals surface area contributed by atoms with Gasteiger partial charge in [0, 0.05) is 24.3 Å². The van der Waals surface area contributed by atoms with E-state index < -0.39 is 55.1 Å². The summed E-state index contributed by atoms with van der Waals surface area (Å²) >= 11 is 5.32. The maximum Gasteiger partial charge on any atom is 0.337 e. The lowest BCUT2D eigenvalue weighted by atomic mass is 10.0. The number of ether oxygens (including phenoxy) is 3. The van der Waals surface area contributed by atoms with Gasteiger partial charge in [0.05, 0.1) is 24.0 Å². The molecule has 1 rings (SSSR count). The van der Waals surface area contributed by atoms with E-state index in [1.165, 1.54) is 0 Å². The van der Waals surface area contributed by atoms with E-state index in [2.05, 4.69) is 5.32 Å². The third-order valence-corrected chi connectivity index (χ3v) is 7.15. The predicted octanol–water partition coefficient (Wildman–Crippen LogP) is 1.94. The fraction of sp³-hybridized carbons (Fsp3) is 0.389. The number of amides is 1. The summed E-state index contributed by atoms with van der Waals surface area (Å²) in [6.45, 7) is 1.92. The van der Waals surface area contributed by atoms with Crippen LogP contribution in [0.5, 0.6) is 0 Å². The van der Waals surface area contributed by atoms with Crippen molar-refractivity contribution >= 4 is 103 Å². The number of nitrogens with one attached hydrogen (secondary N) is 1. The molecule has 0 unspecified atom stereocenters. The number of carbonyl (C=O) groups excluding carboxylic acids is 4. The number of aromatic carboxylic acids is 1. The number of nitrogen functional groups attached to an aromatic ring is 1. The quantitative estimate of drug-likeness (QED) is 0.146. The number of hydrogen-bond donors (Lipinski definition) is 3. The van der Waals surface area contributed by atoms with Gasteiger partial charge >= 0.3 is 23.9 Å². The van der Waals surface area contributed by atoms with E-state index in [1.54, 1.807) is 45.2 Å². The zero-order chi connectivity index (χ0) is 24.8. The fourth-order valence-corrected chi connectivity index (χ4v) is 6.44. The molecule has 0 atom stereocenters. The minimum Gasteiger partial charge on any atom is -0.478 e. The first-order valence-electron chi connectivity index (χ1n) is 8.64. The molecule has 14 heteroatoms. The van der Waals surface area contributed by atoms with Crippen molar-refractivity contribution in [1.29, 1.82) is 0 Å². The van der Waals surface area contributed by atoms with Crippen LogP contribution >= 0.6 is 67.8 Å². The van der Waals surface area contributed by atoms with E-state index in [9.17, 15) is 29.1 Å². The Kier molecular flexibility index (Phi) is 10.9. The zero-order valence-corrected chi connectivity index (χ0v) is 23.5. The number of carbonyl (C=O) groups is 5. The number of halogens is 3. The summed E-state index contributed by atoms with van der Waals surface area (Å²) in [6.07, 6.45) is 0. The molecule has 0 aromatic heterocycles. The number of benzene rings is 1.